The molecule has 0 unspecified atom stereocenters. The van der Waals surface area contributed by atoms with Gasteiger partial charge in [-0.15, -0.1) is 0 Å². The van der Waals surface area contributed by atoms with Gasteiger partial charge in [-0.2, -0.15) is 0 Å². The van der Waals surface area contributed by atoms with Crippen molar-refractivity contribution < 1.29 is 9.53 Å². The van der Waals surface area contributed by atoms with Crippen molar-refractivity contribution in [2.45, 2.75) is 31.8 Å². The lowest BCUT2D eigenvalue weighted by atomic mass is 9.78. The molecular formula is C36H39N3O2. The Kier molecular flexibility index (Phi) is 8.33. The third-order valence-corrected chi connectivity index (χ3v) is 8.61. The molecule has 2 heterocycles. The van der Waals surface area contributed by atoms with Crippen LogP contribution in [0.3, 0.4) is 0 Å². The van der Waals surface area contributed by atoms with Gasteiger partial charge in [-0.3, -0.25) is 9.69 Å². The van der Waals surface area contributed by atoms with Crippen molar-refractivity contribution in [3.05, 3.63) is 126 Å². The summed E-state index contributed by atoms with van der Waals surface area (Å²) in [6.07, 6.45) is 2.88. The summed E-state index contributed by atoms with van der Waals surface area (Å²) in [6.45, 7) is 5.17. The van der Waals surface area contributed by atoms with Gasteiger partial charge in [-0.1, -0.05) is 72.8 Å². The highest BCUT2D eigenvalue weighted by Crippen LogP contribution is 2.46. The minimum atomic E-state index is -0.00630. The Labute approximate surface area is 244 Å². The van der Waals surface area contributed by atoms with E-state index in [1.165, 1.54) is 22.4 Å². The first-order valence-corrected chi connectivity index (χ1v) is 14.8. The van der Waals surface area contributed by atoms with Crippen LogP contribution in [0.2, 0.25) is 0 Å². The first-order chi connectivity index (χ1) is 20.2. The van der Waals surface area contributed by atoms with E-state index in [0.717, 1.165) is 63.4 Å². The largest absolute Gasteiger partial charge is 0.497 e. The molecule has 2 aliphatic rings. The van der Waals surface area contributed by atoms with Crippen LogP contribution in [0.15, 0.2) is 109 Å². The van der Waals surface area contributed by atoms with Crippen molar-refractivity contribution in [3.8, 4) is 5.75 Å². The Morgan fingerprint density at radius 2 is 1.32 bits per heavy atom. The number of rotatable bonds is 10. The second kappa shape index (κ2) is 12.6. The molecule has 6 rings (SSSR count). The fraction of sp³-hybridized carbons (Fsp3) is 0.306. The standard InChI is InChI=1S/C36H39N3O2/c1-41-33-21-19-32(20-22-33)39-35(34(36(39)40)14-8-13-28-9-4-2-5-10-28)30-15-17-31(18-16-30)38-25-23-37(24-26-38)27-29-11-6-3-7-12-29/h2-7,9-12,15-22,34-35H,8,13-14,23-27H2,1H3/t34-,35-/m1/s1. The molecule has 210 valence electrons. The monoisotopic (exact) mass is 545 g/mol. The van der Waals surface area contributed by atoms with Gasteiger partial charge in [0.15, 0.2) is 0 Å². The molecule has 4 aromatic carbocycles. The number of anilines is 2. The minimum absolute atomic E-state index is 0.00630. The van der Waals surface area contributed by atoms with Crippen molar-refractivity contribution in [3.63, 3.8) is 0 Å². The van der Waals surface area contributed by atoms with Gasteiger partial charge in [-0.05, 0) is 72.4 Å². The zero-order valence-electron chi connectivity index (χ0n) is 23.9. The van der Waals surface area contributed by atoms with Gasteiger partial charge >= 0.3 is 0 Å². The van der Waals surface area contributed by atoms with Crippen LogP contribution in [0.5, 0.6) is 5.75 Å². The number of hydrogen-bond donors (Lipinski definition) is 0. The fourth-order valence-corrected chi connectivity index (χ4v) is 6.30. The van der Waals surface area contributed by atoms with Gasteiger partial charge in [0.05, 0.1) is 19.1 Å². The number of methoxy groups -OCH3 is 1. The first-order valence-electron chi connectivity index (χ1n) is 14.8. The van der Waals surface area contributed by atoms with Gasteiger partial charge in [-0.25, -0.2) is 0 Å². The molecule has 5 nitrogen and oxygen atoms in total. The average molecular weight is 546 g/mol. The molecule has 4 aromatic rings. The van der Waals surface area contributed by atoms with Crippen LogP contribution >= 0.6 is 0 Å². The van der Waals surface area contributed by atoms with Crippen LogP contribution < -0.4 is 14.5 Å². The predicted octanol–water partition coefficient (Wildman–Crippen LogP) is 6.74. The number of aryl methyl sites for hydroxylation is 1. The summed E-state index contributed by atoms with van der Waals surface area (Å²) < 4.78 is 5.35. The summed E-state index contributed by atoms with van der Waals surface area (Å²) >= 11 is 0. The van der Waals surface area contributed by atoms with E-state index < -0.39 is 0 Å². The van der Waals surface area contributed by atoms with E-state index in [-0.39, 0.29) is 17.9 Å². The highest BCUT2D eigenvalue weighted by molar-refractivity contribution is 6.03. The molecule has 0 aliphatic carbocycles. The van der Waals surface area contributed by atoms with Gasteiger partial charge < -0.3 is 14.5 Å². The van der Waals surface area contributed by atoms with Crippen LogP contribution in [0.4, 0.5) is 11.4 Å². The lowest BCUT2D eigenvalue weighted by Gasteiger charge is -2.48. The summed E-state index contributed by atoms with van der Waals surface area (Å²) in [7, 11) is 1.67. The van der Waals surface area contributed by atoms with E-state index in [2.05, 4.69) is 94.7 Å². The topological polar surface area (TPSA) is 36.0 Å². The predicted molar refractivity (Wildman–Crippen MR) is 166 cm³/mol. The number of nitrogens with zero attached hydrogens (tertiary/aromatic N) is 3. The molecule has 0 aromatic heterocycles. The van der Waals surface area contributed by atoms with Crippen LogP contribution in [0.25, 0.3) is 0 Å². The van der Waals surface area contributed by atoms with Gasteiger partial charge in [0.25, 0.3) is 0 Å². The molecular weight excluding hydrogens is 506 g/mol. The second-order valence-electron chi connectivity index (χ2n) is 11.2. The van der Waals surface area contributed by atoms with E-state index in [0.29, 0.717) is 0 Å². The molecule has 41 heavy (non-hydrogen) atoms. The normalized spacial score (nSPS) is 19.2. The Hall–Kier alpha value is -4.09. The Bertz CT molecular complexity index is 1400. The van der Waals surface area contributed by atoms with Crippen LogP contribution in [-0.4, -0.2) is 44.1 Å². The van der Waals surface area contributed by atoms with Crippen molar-refractivity contribution in [1.29, 1.82) is 0 Å². The highest BCUT2D eigenvalue weighted by Gasteiger charge is 2.48. The number of piperazine rings is 1. The molecule has 2 saturated heterocycles. The number of carbonyl (C=O) groups excluding carboxylic acids is 1. The number of hydrogen-bond acceptors (Lipinski definition) is 4. The summed E-state index contributed by atoms with van der Waals surface area (Å²) in [5.74, 6) is 1.01. The summed E-state index contributed by atoms with van der Waals surface area (Å²) in [5, 5.41) is 0. The number of benzene rings is 4. The minimum Gasteiger partial charge on any atom is -0.497 e. The molecule has 1 amide bonds. The second-order valence-corrected chi connectivity index (χ2v) is 11.2. The zero-order valence-corrected chi connectivity index (χ0v) is 23.9. The lowest BCUT2D eigenvalue weighted by Crippen LogP contribution is -2.55. The summed E-state index contributed by atoms with van der Waals surface area (Å²) in [5.41, 5.74) is 6.10. The first kappa shape index (κ1) is 27.1. The molecule has 2 fully saturated rings. The van der Waals surface area contributed by atoms with E-state index >= 15 is 0 Å². The van der Waals surface area contributed by atoms with Crippen LogP contribution in [-0.2, 0) is 17.8 Å². The quantitative estimate of drug-likeness (QED) is 0.207. The fourth-order valence-electron chi connectivity index (χ4n) is 6.30. The average Bonchev–Trinajstić information content (AvgIpc) is 3.03. The van der Waals surface area contributed by atoms with Crippen LogP contribution in [0, 0.1) is 5.92 Å². The van der Waals surface area contributed by atoms with Gasteiger partial charge in [0, 0.05) is 44.1 Å². The third kappa shape index (κ3) is 6.15. The molecule has 0 radical (unpaired) electrons. The summed E-state index contributed by atoms with van der Waals surface area (Å²) in [6, 6.07) is 38.2. The lowest BCUT2D eigenvalue weighted by molar-refractivity contribution is -0.130. The number of carbonyl (C=O) groups is 1. The third-order valence-electron chi connectivity index (χ3n) is 8.61. The molecule has 2 atom stereocenters. The van der Waals surface area contributed by atoms with E-state index in [4.69, 9.17) is 4.74 Å². The van der Waals surface area contributed by atoms with Crippen LogP contribution in [0.1, 0.15) is 35.6 Å². The maximum atomic E-state index is 13.5. The maximum absolute atomic E-state index is 13.5. The zero-order chi connectivity index (χ0) is 28.0. The number of ether oxygens (including phenoxy) is 1. The molecule has 0 spiro atoms. The highest BCUT2D eigenvalue weighted by atomic mass is 16.5. The van der Waals surface area contributed by atoms with Crippen molar-refractivity contribution >= 4 is 17.3 Å². The molecule has 0 N–H and O–H groups in total. The van der Waals surface area contributed by atoms with Crippen molar-refractivity contribution in [2.75, 3.05) is 43.1 Å². The smallest absolute Gasteiger partial charge is 0.233 e. The van der Waals surface area contributed by atoms with E-state index in [1.807, 2.05) is 29.2 Å². The number of amides is 1. The van der Waals surface area contributed by atoms with E-state index in [9.17, 15) is 4.79 Å². The molecule has 5 heteroatoms. The SMILES string of the molecule is COc1ccc(N2C(=O)[C@H](CCCc3ccccc3)[C@H]2c2ccc(N3CCN(Cc4ccccc4)CC3)cc2)cc1. The van der Waals surface area contributed by atoms with Gasteiger partial charge in [0.2, 0.25) is 5.91 Å². The van der Waals surface area contributed by atoms with E-state index in [1.54, 1.807) is 7.11 Å². The molecule has 0 bridgehead atoms. The van der Waals surface area contributed by atoms with Gasteiger partial charge in [0.1, 0.15) is 5.75 Å². The molecule has 0 saturated carbocycles. The van der Waals surface area contributed by atoms with Crippen molar-refractivity contribution in [2.24, 2.45) is 5.92 Å². The van der Waals surface area contributed by atoms with Crippen molar-refractivity contribution in [1.82, 2.24) is 4.90 Å². The maximum Gasteiger partial charge on any atom is 0.233 e. The number of β-lactam (4-membered cyclic amide) rings is 1. The summed E-state index contributed by atoms with van der Waals surface area (Å²) in [4.78, 5) is 20.5. The Balaban J connectivity index is 1.14. The Morgan fingerprint density at radius 3 is 1.95 bits per heavy atom. The Morgan fingerprint density at radius 1 is 0.707 bits per heavy atom. The molecule has 2 aliphatic heterocycles.